The molecule has 10 heteroatoms. The highest BCUT2D eigenvalue weighted by atomic mass is 16.2. The Morgan fingerprint density at radius 2 is 1.54 bits per heavy atom. The van der Waals surface area contributed by atoms with Crippen molar-refractivity contribution in [3.63, 3.8) is 0 Å². The minimum Gasteiger partial charge on any atom is -0.318 e. The van der Waals surface area contributed by atoms with Crippen molar-refractivity contribution in [1.29, 1.82) is 0 Å². The van der Waals surface area contributed by atoms with E-state index in [0.29, 0.717) is 35.6 Å². The lowest BCUT2D eigenvalue weighted by Crippen LogP contribution is -2.39. The molecule has 0 unspecified atom stereocenters. The SMILES string of the molecule is CCc1nc2c(c(=O)n(CC)c(=O)n2-c2ccccc2)n1Cc1ccc(-c2ccccc2-c2nnn[nH]2)cc1. The maximum absolute atomic E-state index is 13.6. The number of imidazole rings is 1. The summed E-state index contributed by atoms with van der Waals surface area (Å²) in [7, 11) is 0. The highest BCUT2D eigenvalue weighted by Crippen LogP contribution is 2.30. The fourth-order valence-corrected chi connectivity index (χ4v) is 4.99. The Morgan fingerprint density at radius 3 is 2.21 bits per heavy atom. The second-order valence-electron chi connectivity index (χ2n) is 9.14. The van der Waals surface area contributed by atoms with Crippen molar-refractivity contribution in [2.75, 3.05) is 0 Å². The molecule has 0 aliphatic heterocycles. The zero-order valence-corrected chi connectivity index (χ0v) is 21.6. The molecule has 0 spiro atoms. The minimum atomic E-state index is -0.390. The van der Waals surface area contributed by atoms with Gasteiger partial charge in [-0.2, -0.15) is 0 Å². The lowest BCUT2D eigenvalue weighted by molar-refractivity contribution is 0.654. The standard InChI is InChI=1S/C29H26N8O2/c1-3-24-30-27-25(28(38)35(4-2)29(39)37(27)21-10-6-5-7-11-21)36(24)18-19-14-16-20(17-15-19)22-12-8-9-13-23(22)26-31-33-34-32-26/h5-17H,3-4,18H2,1-2H3,(H,31,32,33,34). The zero-order chi connectivity index (χ0) is 26.9. The molecule has 0 saturated heterocycles. The largest absolute Gasteiger partial charge is 0.337 e. The van der Waals surface area contributed by atoms with Gasteiger partial charge in [0, 0.05) is 25.1 Å². The Bertz CT molecular complexity index is 1880. The van der Waals surface area contributed by atoms with Crippen molar-refractivity contribution >= 4 is 11.2 Å². The van der Waals surface area contributed by atoms with Gasteiger partial charge in [-0.05, 0) is 46.2 Å². The fourth-order valence-electron chi connectivity index (χ4n) is 4.99. The van der Waals surface area contributed by atoms with E-state index < -0.39 is 5.69 Å². The van der Waals surface area contributed by atoms with Gasteiger partial charge < -0.3 is 4.57 Å². The molecule has 0 amide bonds. The van der Waals surface area contributed by atoms with Gasteiger partial charge in [-0.1, -0.05) is 73.7 Å². The van der Waals surface area contributed by atoms with Crippen LogP contribution in [0.25, 0.3) is 39.4 Å². The summed E-state index contributed by atoms with van der Waals surface area (Å²) in [5, 5.41) is 14.3. The molecule has 0 aliphatic carbocycles. The van der Waals surface area contributed by atoms with Crippen molar-refractivity contribution in [2.24, 2.45) is 0 Å². The molecule has 6 rings (SSSR count). The summed E-state index contributed by atoms with van der Waals surface area (Å²) in [5.41, 5.74) is 4.68. The van der Waals surface area contributed by atoms with E-state index in [1.165, 1.54) is 9.13 Å². The van der Waals surface area contributed by atoms with Crippen LogP contribution in [0.1, 0.15) is 25.2 Å². The van der Waals surface area contributed by atoms with Gasteiger partial charge in [0.15, 0.2) is 17.0 Å². The molecule has 1 N–H and O–H groups in total. The maximum atomic E-state index is 13.6. The van der Waals surface area contributed by atoms with Gasteiger partial charge in [0.2, 0.25) is 0 Å². The lowest BCUT2D eigenvalue weighted by atomic mass is 9.98. The van der Waals surface area contributed by atoms with Crippen LogP contribution in [0, 0.1) is 0 Å². The van der Waals surface area contributed by atoms with Crippen molar-refractivity contribution in [1.82, 2.24) is 39.3 Å². The molecule has 0 atom stereocenters. The van der Waals surface area contributed by atoms with Gasteiger partial charge in [0.25, 0.3) is 5.56 Å². The Hall–Kier alpha value is -5.12. The summed E-state index contributed by atoms with van der Waals surface area (Å²) >= 11 is 0. The lowest BCUT2D eigenvalue weighted by Gasteiger charge is -2.13. The quantitative estimate of drug-likeness (QED) is 0.343. The van der Waals surface area contributed by atoms with E-state index in [0.717, 1.165) is 28.1 Å². The van der Waals surface area contributed by atoms with E-state index in [9.17, 15) is 9.59 Å². The van der Waals surface area contributed by atoms with E-state index in [-0.39, 0.29) is 12.1 Å². The van der Waals surface area contributed by atoms with Crippen LogP contribution in [0.4, 0.5) is 0 Å². The molecule has 0 radical (unpaired) electrons. The fraction of sp³-hybridized carbons (Fsp3) is 0.172. The van der Waals surface area contributed by atoms with Gasteiger partial charge in [-0.15, -0.1) is 5.10 Å². The molecule has 39 heavy (non-hydrogen) atoms. The maximum Gasteiger partial charge on any atom is 0.337 e. The first-order valence-electron chi connectivity index (χ1n) is 12.8. The number of hydrogen-bond acceptors (Lipinski definition) is 6. The number of aromatic amines is 1. The average Bonchev–Trinajstić information content (AvgIpc) is 3.63. The predicted molar refractivity (Wildman–Crippen MR) is 149 cm³/mol. The van der Waals surface area contributed by atoms with Gasteiger partial charge in [-0.3, -0.25) is 9.36 Å². The number of aryl methyl sites for hydroxylation is 1. The van der Waals surface area contributed by atoms with Crippen LogP contribution in [0.15, 0.2) is 88.5 Å². The Labute approximate surface area is 223 Å². The van der Waals surface area contributed by atoms with E-state index >= 15 is 0 Å². The van der Waals surface area contributed by atoms with Crippen molar-refractivity contribution < 1.29 is 0 Å². The van der Waals surface area contributed by atoms with Crippen LogP contribution < -0.4 is 11.2 Å². The predicted octanol–water partition coefficient (Wildman–Crippen LogP) is 3.83. The van der Waals surface area contributed by atoms with Crippen molar-refractivity contribution in [2.45, 2.75) is 33.4 Å². The normalized spacial score (nSPS) is 11.3. The third kappa shape index (κ3) is 4.15. The van der Waals surface area contributed by atoms with Crippen LogP contribution in [-0.2, 0) is 19.5 Å². The van der Waals surface area contributed by atoms with E-state index in [4.69, 9.17) is 4.98 Å². The van der Waals surface area contributed by atoms with Crippen LogP contribution in [0.2, 0.25) is 0 Å². The molecule has 0 bridgehead atoms. The van der Waals surface area contributed by atoms with Gasteiger partial charge in [0.1, 0.15) is 5.82 Å². The van der Waals surface area contributed by atoms with Gasteiger partial charge >= 0.3 is 5.69 Å². The Kier molecular flexibility index (Phi) is 6.20. The Balaban J connectivity index is 1.45. The molecule has 0 fully saturated rings. The third-order valence-corrected chi connectivity index (χ3v) is 6.89. The number of tetrazole rings is 1. The summed E-state index contributed by atoms with van der Waals surface area (Å²) in [5.74, 6) is 1.34. The summed E-state index contributed by atoms with van der Waals surface area (Å²) < 4.78 is 4.74. The van der Waals surface area contributed by atoms with E-state index in [2.05, 4.69) is 20.6 Å². The minimum absolute atomic E-state index is 0.266. The number of nitrogens with zero attached hydrogens (tertiary/aromatic N) is 7. The highest BCUT2D eigenvalue weighted by Gasteiger charge is 2.21. The number of fused-ring (bicyclic) bond motifs is 1. The van der Waals surface area contributed by atoms with Crippen LogP contribution in [0.5, 0.6) is 0 Å². The van der Waals surface area contributed by atoms with Gasteiger partial charge in [-0.25, -0.2) is 19.4 Å². The first-order chi connectivity index (χ1) is 19.1. The molecule has 3 aromatic heterocycles. The molecule has 3 heterocycles. The molecule has 0 saturated carbocycles. The van der Waals surface area contributed by atoms with Crippen molar-refractivity contribution in [3.05, 3.63) is 111 Å². The molecule has 0 aliphatic rings. The monoisotopic (exact) mass is 518 g/mol. The number of nitrogens with one attached hydrogen (secondary N) is 1. The number of para-hydroxylation sites is 1. The van der Waals surface area contributed by atoms with Crippen molar-refractivity contribution in [3.8, 4) is 28.2 Å². The molecular formula is C29H26N8O2. The summed E-state index contributed by atoms with van der Waals surface area (Å²) in [6.07, 6.45) is 0.611. The van der Waals surface area contributed by atoms with Crippen LogP contribution >= 0.6 is 0 Å². The number of H-pyrrole nitrogens is 1. The smallest absolute Gasteiger partial charge is 0.318 e. The summed E-state index contributed by atoms with van der Waals surface area (Å²) in [6.45, 7) is 4.51. The number of aromatic nitrogens is 8. The Morgan fingerprint density at radius 1 is 0.821 bits per heavy atom. The number of rotatable bonds is 7. The molecule has 6 aromatic rings. The second kappa shape index (κ2) is 9.97. The number of benzene rings is 3. The summed E-state index contributed by atoms with van der Waals surface area (Å²) in [4.78, 5) is 31.7. The van der Waals surface area contributed by atoms with E-state index in [1.807, 2.05) is 90.4 Å². The second-order valence-corrected chi connectivity index (χ2v) is 9.14. The highest BCUT2D eigenvalue weighted by molar-refractivity contribution is 5.80. The molecular weight excluding hydrogens is 492 g/mol. The molecule has 10 nitrogen and oxygen atoms in total. The zero-order valence-electron chi connectivity index (χ0n) is 21.6. The molecule has 3 aromatic carbocycles. The van der Waals surface area contributed by atoms with Crippen LogP contribution in [-0.4, -0.2) is 39.3 Å². The first-order valence-corrected chi connectivity index (χ1v) is 12.8. The van der Waals surface area contributed by atoms with Crippen LogP contribution in [0.3, 0.4) is 0 Å². The first kappa shape index (κ1) is 24.2. The topological polar surface area (TPSA) is 116 Å². The molecule has 194 valence electrons. The average molecular weight is 519 g/mol. The third-order valence-electron chi connectivity index (χ3n) is 6.89. The summed E-state index contributed by atoms with van der Waals surface area (Å²) in [6, 6.07) is 25.4. The number of hydrogen-bond donors (Lipinski definition) is 1. The van der Waals surface area contributed by atoms with E-state index in [1.54, 1.807) is 6.92 Å². The van der Waals surface area contributed by atoms with Gasteiger partial charge in [0.05, 0.1) is 5.69 Å².